The fourth-order valence-corrected chi connectivity index (χ4v) is 3.17. The lowest BCUT2D eigenvalue weighted by molar-refractivity contribution is 0.320. The van der Waals surface area contributed by atoms with E-state index in [4.69, 9.17) is 0 Å². The van der Waals surface area contributed by atoms with Crippen molar-refractivity contribution >= 4 is 11.8 Å². The van der Waals surface area contributed by atoms with Crippen LogP contribution in [0.2, 0.25) is 0 Å². The van der Waals surface area contributed by atoms with Gasteiger partial charge in [-0.1, -0.05) is 13.8 Å². The van der Waals surface area contributed by atoms with Crippen molar-refractivity contribution < 1.29 is 0 Å². The van der Waals surface area contributed by atoms with Crippen LogP contribution in [0.3, 0.4) is 0 Å². The molecule has 2 rings (SSSR count). The maximum absolute atomic E-state index is 2.68. The van der Waals surface area contributed by atoms with Crippen molar-refractivity contribution in [3.05, 3.63) is 0 Å². The van der Waals surface area contributed by atoms with Gasteiger partial charge in [-0.2, -0.15) is 11.8 Å². The summed E-state index contributed by atoms with van der Waals surface area (Å²) in [5.41, 5.74) is 0. The van der Waals surface area contributed by atoms with Crippen LogP contribution in [0.1, 0.15) is 26.7 Å². The minimum Gasteiger partial charge on any atom is -0.301 e. The van der Waals surface area contributed by atoms with Crippen molar-refractivity contribution in [2.45, 2.75) is 31.4 Å². The Kier molecular flexibility index (Phi) is 2.63. The van der Waals surface area contributed by atoms with E-state index in [2.05, 4.69) is 36.8 Å². The maximum Gasteiger partial charge on any atom is 0.0285 e. The molecule has 0 N–H and O–H groups in total. The summed E-state index contributed by atoms with van der Waals surface area (Å²) in [7, 11) is 0. The summed E-state index contributed by atoms with van der Waals surface area (Å²) < 4.78 is 0.670. The first-order chi connectivity index (χ1) is 6.15. The molecule has 13 heavy (non-hydrogen) atoms. The van der Waals surface area contributed by atoms with Gasteiger partial charge in [0.05, 0.1) is 0 Å². The number of nitrogens with zero attached hydrogens (tertiary/aromatic N) is 1. The quantitative estimate of drug-likeness (QED) is 0.687. The Morgan fingerprint density at radius 2 is 1.77 bits per heavy atom. The van der Waals surface area contributed by atoms with Crippen molar-refractivity contribution in [1.82, 2.24) is 4.90 Å². The first-order valence-electron chi connectivity index (χ1n) is 5.43. The highest BCUT2D eigenvalue weighted by atomic mass is 32.2. The zero-order valence-corrected chi connectivity index (χ0v) is 9.86. The Morgan fingerprint density at radius 3 is 2.15 bits per heavy atom. The van der Waals surface area contributed by atoms with E-state index in [1.807, 2.05) is 0 Å². The second-order valence-corrected chi connectivity index (χ2v) is 6.31. The second-order valence-electron chi connectivity index (χ2n) is 5.04. The predicted octanol–water partition coefficient (Wildman–Crippen LogP) is 2.47. The Bertz CT molecular complexity index is 179. The van der Waals surface area contributed by atoms with Crippen LogP contribution in [0.5, 0.6) is 0 Å². The van der Waals surface area contributed by atoms with Crippen LogP contribution < -0.4 is 0 Å². The smallest absolute Gasteiger partial charge is 0.0285 e. The zero-order chi connectivity index (χ0) is 9.47. The average Bonchev–Trinajstić information content (AvgIpc) is 2.78. The summed E-state index contributed by atoms with van der Waals surface area (Å²) in [4.78, 5) is 2.68. The summed E-state index contributed by atoms with van der Waals surface area (Å²) in [5.74, 6) is 1.83. The van der Waals surface area contributed by atoms with E-state index >= 15 is 0 Å². The van der Waals surface area contributed by atoms with E-state index in [0.717, 1.165) is 11.8 Å². The normalized spacial score (nSPS) is 38.1. The molecule has 0 aromatic rings. The van der Waals surface area contributed by atoms with Gasteiger partial charge in [-0.3, -0.25) is 0 Å². The number of hydrogen-bond donors (Lipinski definition) is 0. The SMILES string of the molecule is CSC1(CN2CC(C)C(C)C2)CC1. The Labute approximate surface area is 86.3 Å². The van der Waals surface area contributed by atoms with Crippen LogP contribution in [-0.4, -0.2) is 35.5 Å². The first-order valence-corrected chi connectivity index (χ1v) is 6.65. The molecule has 0 aromatic carbocycles. The van der Waals surface area contributed by atoms with E-state index in [1.54, 1.807) is 0 Å². The molecule has 0 aromatic heterocycles. The van der Waals surface area contributed by atoms with Crippen LogP contribution in [0.25, 0.3) is 0 Å². The van der Waals surface area contributed by atoms with Gasteiger partial charge in [-0.05, 0) is 30.9 Å². The van der Waals surface area contributed by atoms with Gasteiger partial charge in [0.2, 0.25) is 0 Å². The van der Waals surface area contributed by atoms with Crippen LogP contribution in [0.15, 0.2) is 0 Å². The monoisotopic (exact) mass is 199 g/mol. The van der Waals surface area contributed by atoms with Crippen LogP contribution >= 0.6 is 11.8 Å². The molecule has 0 radical (unpaired) electrons. The lowest BCUT2D eigenvalue weighted by Crippen LogP contribution is -2.30. The fourth-order valence-electron chi connectivity index (χ4n) is 2.35. The van der Waals surface area contributed by atoms with Gasteiger partial charge >= 0.3 is 0 Å². The summed E-state index contributed by atoms with van der Waals surface area (Å²) in [5, 5.41) is 0. The molecule has 2 atom stereocenters. The lowest BCUT2D eigenvalue weighted by Gasteiger charge is -2.21. The molecule has 1 nitrogen and oxygen atoms in total. The third-order valence-electron chi connectivity index (χ3n) is 3.82. The number of likely N-dealkylation sites (tertiary alicyclic amines) is 1. The van der Waals surface area contributed by atoms with Gasteiger partial charge in [0.15, 0.2) is 0 Å². The number of rotatable bonds is 3. The Balaban J connectivity index is 1.83. The van der Waals surface area contributed by atoms with E-state index in [0.29, 0.717) is 4.75 Å². The van der Waals surface area contributed by atoms with Crippen molar-refractivity contribution in [1.29, 1.82) is 0 Å². The molecule has 2 heteroatoms. The van der Waals surface area contributed by atoms with E-state index < -0.39 is 0 Å². The molecule has 2 aliphatic rings. The van der Waals surface area contributed by atoms with Gasteiger partial charge in [-0.25, -0.2) is 0 Å². The van der Waals surface area contributed by atoms with Crippen LogP contribution in [0.4, 0.5) is 0 Å². The lowest BCUT2D eigenvalue weighted by atomic mass is 10.0. The minimum absolute atomic E-state index is 0.670. The van der Waals surface area contributed by atoms with Gasteiger partial charge in [-0.15, -0.1) is 0 Å². The van der Waals surface area contributed by atoms with E-state index in [-0.39, 0.29) is 0 Å². The third kappa shape index (κ3) is 2.04. The van der Waals surface area contributed by atoms with E-state index in [9.17, 15) is 0 Å². The molecule has 1 heterocycles. The van der Waals surface area contributed by atoms with Crippen molar-refractivity contribution in [3.8, 4) is 0 Å². The highest BCUT2D eigenvalue weighted by Crippen LogP contribution is 2.48. The molecule has 0 amide bonds. The first kappa shape index (κ1) is 9.85. The molecular formula is C11H21NS. The molecule has 1 saturated heterocycles. The zero-order valence-electron chi connectivity index (χ0n) is 9.05. The van der Waals surface area contributed by atoms with Crippen molar-refractivity contribution in [2.24, 2.45) is 11.8 Å². The van der Waals surface area contributed by atoms with Gasteiger partial charge in [0, 0.05) is 24.4 Å². The summed E-state index contributed by atoms with van der Waals surface area (Å²) in [6.45, 7) is 8.81. The Morgan fingerprint density at radius 1 is 1.23 bits per heavy atom. The van der Waals surface area contributed by atoms with Gasteiger partial charge in [0.1, 0.15) is 0 Å². The fraction of sp³-hybridized carbons (Fsp3) is 1.00. The van der Waals surface area contributed by atoms with Crippen molar-refractivity contribution in [3.63, 3.8) is 0 Å². The van der Waals surface area contributed by atoms with Crippen molar-refractivity contribution in [2.75, 3.05) is 25.9 Å². The molecule has 0 spiro atoms. The minimum atomic E-state index is 0.670. The largest absolute Gasteiger partial charge is 0.301 e. The van der Waals surface area contributed by atoms with Gasteiger partial charge < -0.3 is 4.90 Å². The van der Waals surface area contributed by atoms with Crippen LogP contribution in [-0.2, 0) is 0 Å². The van der Waals surface area contributed by atoms with Crippen LogP contribution in [0, 0.1) is 11.8 Å². The number of hydrogen-bond acceptors (Lipinski definition) is 2. The molecule has 1 aliphatic heterocycles. The molecule has 2 unspecified atom stereocenters. The number of thioether (sulfide) groups is 1. The Hall–Kier alpha value is 0.310. The molecule has 1 saturated carbocycles. The summed E-state index contributed by atoms with van der Waals surface area (Å²) in [6, 6.07) is 0. The average molecular weight is 199 g/mol. The van der Waals surface area contributed by atoms with E-state index in [1.165, 1.54) is 32.5 Å². The second kappa shape index (κ2) is 3.47. The predicted molar refractivity (Wildman–Crippen MR) is 60.2 cm³/mol. The standard InChI is InChI=1S/C11H21NS/c1-9-6-12(7-10(9)2)8-11(13-3)4-5-11/h9-10H,4-8H2,1-3H3. The summed E-state index contributed by atoms with van der Waals surface area (Å²) in [6.07, 6.45) is 5.18. The topological polar surface area (TPSA) is 3.24 Å². The highest BCUT2D eigenvalue weighted by Gasteiger charge is 2.44. The highest BCUT2D eigenvalue weighted by molar-refractivity contribution is 8.00. The summed E-state index contributed by atoms with van der Waals surface area (Å²) >= 11 is 2.09. The molecule has 1 aliphatic carbocycles. The molecule has 2 fully saturated rings. The molecule has 0 bridgehead atoms. The third-order valence-corrected chi connectivity index (χ3v) is 5.22. The maximum atomic E-state index is 2.68. The molecular weight excluding hydrogens is 178 g/mol. The van der Waals surface area contributed by atoms with Gasteiger partial charge in [0.25, 0.3) is 0 Å². The molecule has 76 valence electrons.